The number of hydrogen-bond acceptors (Lipinski definition) is 5. The monoisotopic (exact) mass is 459 g/mol. The maximum atomic E-state index is 12.5. The van der Waals surface area contributed by atoms with Crippen molar-refractivity contribution in [2.24, 2.45) is 28.6 Å². The minimum absolute atomic E-state index is 0.0400. The van der Waals surface area contributed by atoms with Crippen molar-refractivity contribution >= 4 is 23.6 Å². The number of nitrogens with one attached hydrogen (secondary N) is 1. The van der Waals surface area contributed by atoms with Gasteiger partial charge in [-0.25, -0.2) is 0 Å². The summed E-state index contributed by atoms with van der Waals surface area (Å²) in [6, 6.07) is -0.979. The summed E-state index contributed by atoms with van der Waals surface area (Å²) in [5.41, 5.74) is 1.45. The third kappa shape index (κ3) is 4.35. The summed E-state index contributed by atoms with van der Waals surface area (Å²) in [6.07, 6.45) is 9.46. The zero-order valence-electron chi connectivity index (χ0n) is 20.0. The molecule has 182 valence electrons. The van der Waals surface area contributed by atoms with E-state index in [0.717, 1.165) is 44.9 Å². The van der Waals surface area contributed by atoms with Crippen LogP contribution >= 0.6 is 0 Å². The number of carboxylic acid groups (broad SMARTS) is 1. The molecule has 7 heteroatoms. The molecular formula is C26H37NO6. The van der Waals surface area contributed by atoms with E-state index in [1.54, 1.807) is 0 Å². The van der Waals surface area contributed by atoms with Gasteiger partial charge in [0.1, 0.15) is 12.1 Å². The summed E-state index contributed by atoms with van der Waals surface area (Å²) in [7, 11) is 0. The molecule has 2 N–H and O–H groups in total. The molecule has 1 amide bonds. The molecule has 7 nitrogen and oxygen atoms in total. The Bertz CT molecular complexity index is 880. The molecule has 0 radical (unpaired) electrons. The Labute approximate surface area is 195 Å². The van der Waals surface area contributed by atoms with Crippen LogP contribution in [0.15, 0.2) is 11.6 Å². The third-order valence-electron chi connectivity index (χ3n) is 9.45. The quantitative estimate of drug-likeness (QED) is 0.585. The van der Waals surface area contributed by atoms with Crippen LogP contribution in [-0.4, -0.2) is 40.9 Å². The van der Waals surface area contributed by atoms with E-state index in [9.17, 15) is 19.2 Å². The molecule has 4 rings (SSSR count). The molecule has 0 spiro atoms. The number of carbonyl (C=O) groups is 4. The van der Waals surface area contributed by atoms with E-state index in [4.69, 9.17) is 9.84 Å². The Hall–Kier alpha value is -2.18. The van der Waals surface area contributed by atoms with E-state index in [1.807, 2.05) is 6.08 Å². The Morgan fingerprint density at radius 2 is 1.85 bits per heavy atom. The van der Waals surface area contributed by atoms with Gasteiger partial charge in [-0.15, -0.1) is 0 Å². The highest BCUT2D eigenvalue weighted by atomic mass is 16.5. The molecule has 4 aliphatic carbocycles. The first-order valence-corrected chi connectivity index (χ1v) is 12.5. The number of fused-ring (bicyclic) bond motifs is 5. The van der Waals surface area contributed by atoms with Gasteiger partial charge in [-0.3, -0.25) is 19.2 Å². The second kappa shape index (κ2) is 8.88. The van der Waals surface area contributed by atoms with Gasteiger partial charge in [-0.05, 0) is 81.1 Å². The number of ether oxygens (including phenoxy) is 1. The minimum atomic E-state index is -1.11. The number of rotatable bonds is 6. The average Bonchev–Trinajstić information content (AvgIpc) is 3.09. The van der Waals surface area contributed by atoms with Crippen molar-refractivity contribution in [3.05, 3.63) is 11.6 Å². The first-order chi connectivity index (χ1) is 15.5. The molecule has 0 aromatic carbocycles. The van der Waals surface area contributed by atoms with E-state index in [0.29, 0.717) is 24.2 Å². The summed E-state index contributed by atoms with van der Waals surface area (Å²) in [6.45, 7) is 6.04. The number of amides is 1. The number of carbonyl (C=O) groups excluding carboxylic acids is 3. The van der Waals surface area contributed by atoms with Crippen molar-refractivity contribution in [3.63, 3.8) is 0 Å². The molecule has 0 aromatic rings. The minimum Gasteiger partial charge on any atom is -0.480 e. The van der Waals surface area contributed by atoms with Crippen molar-refractivity contribution in [2.45, 2.75) is 97.1 Å². The lowest BCUT2D eigenvalue weighted by Gasteiger charge is -2.57. The zero-order valence-corrected chi connectivity index (χ0v) is 20.0. The van der Waals surface area contributed by atoms with Crippen molar-refractivity contribution < 1.29 is 29.0 Å². The maximum Gasteiger partial charge on any atom is 0.325 e. The molecular weight excluding hydrogens is 422 g/mol. The van der Waals surface area contributed by atoms with Crippen LogP contribution in [0, 0.1) is 28.6 Å². The Morgan fingerprint density at radius 3 is 2.58 bits per heavy atom. The number of carboxylic acids is 1. The van der Waals surface area contributed by atoms with Crippen LogP contribution < -0.4 is 5.32 Å². The number of aliphatic carboxylic acids is 1. The van der Waals surface area contributed by atoms with Crippen LogP contribution in [0.5, 0.6) is 0 Å². The predicted octanol–water partition coefficient (Wildman–Crippen LogP) is 3.80. The highest BCUT2D eigenvalue weighted by molar-refractivity contribution is 5.91. The molecule has 0 unspecified atom stereocenters. The van der Waals surface area contributed by atoms with Crippen molar-refractivity contribution in [1.82, 2.24) is 5.32 Å². The summed E-state index contributed by atoms with van der Waals surface area (Å²) < 4.78 is 5.92. The average molecular weight is 460 g/mol. The lowest BCUT2D eigenvalue weighted by Crippen LogP contribution is -2.51. The van der Waals surface area contributed by atoms with E-state index in [-0.39, 0.29) is 41.5 Å². The van der Waals surface area contributed by atoms with Gasteiger partial charge < -0.3 is 15.2 Å². The molecule has 4 aliphatic rings. The number of ketones is 1. The molecule has 0 heterocycles. The molecule has 0 aromatic heterocycles. The van der Waals surface area contributed by atoms with Gasteiger partial charge in [-0.1, -0.05) is 19.4 Å². The van der Waals surface area contributed by atoms with Crippen molar-refractivity contribution in [3.8, 4) is 0 Å². The smallest absolute Gasteiger partial charge is 0.325 e. The number of hydrogen-bond donors (Lipinski definition) is 2. The standard InChI is InChI=1S/C26H37NO6/c1-15(24(31)32)27-22(29)8-9-23(30)33-21-7-6-19-18-5-4-16-14-17(28)10-12-25(16,2)20(18)11-13-26(19,21)3/h14-15,18-21H,4-13H2,1-3H3,(H,27,29)(H,31,32)/t15-,18-,19+,20-,21+,25+,26+/m1/s1. The van der Waals surface area contributed by atoms with E-state index in [2.05, 4.69) is 19.2 Å². The van der Waals surface area contributed by atoms with E-state index >= 15 is 0 Å². The first kappa shape index (κ1) is 24.0. The van der Waals surface area contributed by atoms with Gasteiger partial charge in [0.2, 0.25) is 5.91 Å². The zero-order chi connectivity index (χ0) is 24.0. The third-order valence-corrected chi connectivity index (χ3v) is 9.45. The fourth-order valence-electron chi connectivity index (χ4n) is 7.51. The normalized spacial score (nSPS) is 38.3. The van der Waals surface area contributed by atoms with E-state index < -0.39 is 17.9 Å². The van der Waals surface area contributed by atoms with Gasteiger partial charge in [0.05, 0.1) is 6.42 Å². The SMILES string of the molecule is C[C@@H](NC(=O)CCC(=O)O[C@H]1CC[C@H]2[C@H]3CCC4=CC(=O)CC[C@]4(C)[C@@H]3CC[C@]12C)C(=O)O. The maximum absolute atomic E-state index is 12.5. The van der Waals surface area contributed by atoms with Crippen LogP contribution in [0.25, 0.3) is 0 Å². The highest BCUT2D eigenvalue weighted by Gasteiger charge is 2.59. The first-order valence-electron chi connectivity index (χ1n) is 12.5. The second-order valence-corrected chi connectivity index (χ2v) is 11.2. The van der Waals surface area contributed by atoms with Crippen LogP contribution in [0.1, 0.15) is 85.0 Å². The van der Waals surface area contributed by atoms with E-state index in [1.165, 1.54) is 12.5 Å². The fraction of sp³-hybridized carbons (Fsp3) is 0.769. The Balaban J connectivity index is 1.37. The highest BCUT2D eigenvalue weighted by Crippen LogP contribution is 2.65. The molecule has 3 saturated carbocycles. The summed E-state index contributed by atoms with van der Waals surface area (Å²) in [4.78, 5) is 47.3. The van der Waals surface area contributed by atoms with Crippen molar-refractivity contribution in [1.29, 1.82) is 0 Å². The summed E-state index contributed by atoms with van der Waals surface area (Å²) in [5, 5.41) is 11.3. The van der Waals surface area contributed by atoms with Gasteiger partial charge in [0.15, 0.2) is 5.78 Å². The second-order valence-electron chi connectivity index (χ2n) is 11.2. The molecule has 0 aliphatic heterocycles. The van der Waals surface area contributed by atoms with Gasteiger partial charge >= 0.3 is 11.9 Å². The van der Waals surface area contributed by atoms with Crippen molar-refractivity contribution in [2.75, 3.05) is 0 Å². The van der Waals surface area contributed by atoms with Gasteiger partial charge in [0, 0.05) is 18.3 Å². The van der Waals surface area contributed by atoms with Crippen LogP contribution in [-0.2, 0) is 23.9 Å². The lowest BCUT2D eigenvalue weighted by atomic mass is 9.47. The molecule has 33 heavy (non-hydrogen) atoms. The largest absolute Gasteiger partial charge is 0.480 e. The van der Waals surface area contributed by atoms with Crippen LogP contribution in [0.3, 0.4) is 0 Å². The van der Waals surface area contributed by atoms with Crippen LogP contribution in [0.2, 0.25) is 0 Å². The topological polar surface area (TPSA) is 110 Å². The van der Waals surface area contributed by atoms with Gasteiger partial charge in [0.25, 0.3) is 0 Å². The summed E-state index contributed by atoms with van der Waals surface area (Å²) in [5.74, 6) is 0.0526. The number of esters is 1. The summed E-state index contributed by atoms with van der Waals surface area (Å²) >= 11 is 0. The molecule has 0 bridgehead atoms. The Morgan fingerprint density at radius 1 is 1.09 bits per heavy atom. The predicted molar refractivity (Wildman–Crippen MR) is 121 cm³/mol. The molecule has 0 saturated heterocycles. The molecule has 7 atom stereocenters. The number of allylic oxidation sites excluding steroid dienone is 1. The Kier molecular flexibility index (Phi) is 6.45. The van der Waals surface area contributed by atoms with Gasteiger partial charge in [-0.2, -0.15) is 0 Å². The molecule has 3 fully saturated rings. The fourth-order valence-corrected chi connectivity index (χ4v) is 7.51. The van der Waals surface area contributed by atoms with Crippen LogP contribution in [0.4, 0.5) is 0 Å². The lowest BCUT2D eigenvalue weighted by molar-refractivity contribution is -0.160.